The number of benzene rings is 2. The molecule has 168 valence electrons. The van der Waals surface area contributed by atoms with Crippen LogP contribution in [0.25, 0.3) is 6.08 Å². The molecule has 1 fully saturated rings. The summed E-state index contributed by atoms with van der Waals surface area (Å²) >= 11 is 7.10. The molecule has 1 aliphatic rings. The van der Waals surface area contributed by atoms with Crippen molar-refractivity contribution in [2.75, 3.05) is 19.0 Å². The number of rotatable bonds is 7. The van der Waals surface area contributed by atoms with Gasteiger partial charge in [-0.05, 0) is 74.0 Å². The number of halogens is 1. The Morgan fingerprint density at radius 1 is 1.25 bits per heavy atom. The minimum atomic E-state index is -0.544. The summed E-state index contributed by atoms with van der Waals surface area (Å²) in [5.41, 5.74) is 2.15. The molecule has 0 aromatic heterocycles. The van der Waals surface area contributed by atoms with Crippen LogP contribution in [0.1, 0.15) is 25.0 Å². The number of carbonyl (C=O) groups excluding carboxylic acids is 3. The summed E-state index contributed by atoms with van der Waals surface area (Å²) in [5.74, 6) is -0.188. The van der Waals surface area contributed by atoms with Gasteiger partial charge in [-0.15, -0.1) is 0 Å². The Bertz CT molecular complexity index is 1100. The normalized spacial score (nSPS) is 14.9. The van der Waals surface area contributed by atoms with Gasteiger partial charge in [-0.2, -0.15) is 0 Å². The van der Waals surface area contributed by atoms with Crippen LogP contribution in [0.4, 0.5) is 10.5 Å². The SMILES string of the molecule is COc1cc(/C=C2\SC(=O)N(CC(=O)Nc3cccc(C)c3)C2=O)cc(Cl)c1OC(C)C. The van der Waals surface area contributed by atoms with Gasteiger partial charge < -0.3 is 14.8 Å². The summed E-state index contributed by atoms with van der Waals surface area (Å²) in [7, 11) is 1.49. The molecule has 1 saturated heterocycles. The molecule has 3 amide bonds. The Morgan fingerprint density at radius 3 is 2.66 bits per heavy atom. The topological polar surface area (TPSA) is 84.9 Å². The van der Waals surface area contributed by atoms with Crippen LogP contribution < -0.4 is 14.8 Å². The van der Waals surface area contributed by atoms with E-state index in [0.29, 0.717) is 27.8 Å². The highest BCUT2D eigenvalue weighted by atomic mass is 35.5. The van der Waals surface area contributed by atoms with Gasteiger partial charge in [0.05, 0.1) is 23.1 Å². The highest BCUT2D eigenvalue weighted by molar-refractivity contribution is 8.18. The molecule has 3 rings (SSSR count). The highest BCUT2D eigenvalue weighted by Crippen LogP contribution is 2.39. The second-order valence-electron chi connectivity index (χ2n) is 7.39. The molecule has 9 heteroatoms. The zero-order chi connectivity index (χ0) is 23.4. The van der Waals surface area contributed by atoms with E-state index in [1.165, 1.54) is 13.2 Å². The van der Waals surface area contributed by atoms with Gasteiger partial charge in [-0.3, -0.25) is 19.3 Å². The monoisotopic (exact) mass is 474 g/mol. The average molecular weight is 475 g/mol. The van der Waals surface area contributed by atoms with Crippen molar-refractivity contribution in [2.45, 2.75) is 26.9 Å². The van der Waals surface area contributed by atoms with Crippen LogP contribution in [0.15, 0.2) is 41.3 Å². The lowest BCUT2D eigenvalue weighted by atomic mass is 10.1. The Labute approximate surface area is 195 Å². The number of carbonyl (C=O) groups is 3. The van der Waals surface area contributed by atoms with Crippen LogP contribution in [0.2, 0.25) is 5.02 Å². The number of methoxy groups -OCH3 is 1. The van der Waals surface area contributed by atoms with Crippen LogP contribution in [0, 0.1) is 6.92 Å². The summed E-state index contributed by atoms with van der Waals surface area (Å²) in [6, 6.07) is 10.5. The predicted octanol–water partition coefficient (Wildman–Crippen LogP) is 5.12. The maximum Gasteiger partial charge on any atom is 0.294 e. The number of nitrogens with one attached hydrogen (secondary N) is 1. The highest BCUT2D eigenvalue weighted by Gasteiger charge is 2.36. The minimum absolute atomic E-state index is 0.102. The lowest BCUT2D eigenvalue weighted by Gasteiger charge is -2.15. The fourth-order valence-electron chi connectivity index (χ4n) is 3.03. The molecular formula is C23H23ClN2O5S. The quantitative estimate of drug-likeness (QED) is 0.560. The maximum absolute atomic E-state index is 12.8. The van der Waals surface area contributed by atoms with Gasteiger partial charge in [0.25, 0.3) is 11.1 Å². The zero-order valence-electron chi connectivity index (χ0n) is 18.1. The number of hydrogen-bond donors (Lipinski definition) is 1. The van der Waals surface area contributed by atoms with E-state index >= 15 is 0 Å². The number of hydrogen-bond acceptors (Lipinski definition) is 6. The Morgan fingerprint density at radius 2 is 2.00 bits per heavy atom. The Hall–Kier alpha value is -2.97. The largest absolute Gasteiger partial charge is 0.493 e. The Balaban J connectivity index is 1.76. The third kappa shape index (κ3) is 5.63. The summed E-state index contributed by atoms with van der Waals surface area (Å²) in [4.78, 5) is 38.6. The van der Waals surface area contributed by atoms with Gasteiger partial charge in [0.1, 0.15) is 6.54 Å². The van der Waals surface area contributed by atoms with Crippen LogP contribution in [0.5, 0.6) is 11.5 Å². The average Bonchev–Trinajstić information content (AvgIpc) is 2.96. The predicted molar refractivity (Wildman–Crippen MR) is 126 cm³/mol. The van der Waals surface area contributed by atoms with Crippen molar-refractivity contribution in [2.24, 2.45) is 0 Å². The van der Waals surface area contributed by atoms with Gasteiger partial charge in [-0.25, -0.2) is 0 Å². The first-order valence-corrected chi connectivity index (χ1v) is 11.0. The molecule has 2 aromatic carbocycles. The third-order valence-corrected chi connectivity index (χ3v) is 5.57. The molecule has 2 aromatic rings. The smallest absolute Gasteiger partial charge is 0.294 e. The number of thioether (sulfide) groups is 1. The van der Waals surface area contributed by atoms with E-state index < -0.39 is 17.1 Å². The molecule has 32 heavy (non-hydrogen) atoms. The molecule has 0 atom stereocenters. The summed E-state index contributed by atoms with van der Waals surface area (Å²) in [6.07, 6.45) is 1.44. The first-order chi connectivity index (χ1) is 15.2. The fraction of sp³-hybridized carbons (Fsp3) is 0.261. The van der Waals surface area contributed by atoms with Gasteiger partial charge >= 0.3 is 0 Å². The second-order valence-corrected chi connectivity index (χ2v) is 8.79. The standard InChI is InChI=1S/C23H23ClN2O5S/c1-13(2)31-21-17(24)9-15(10-18(21)30-4)11-19-22(28)26(23(29)32-19)12-20(27)25-16-7-5-6-14(3)8-16/h5-11,13H,12H2,1-4H3,(H,25,27)/b19-11-. The minimum Gasteiger partial charge on any atom is -0.493 e. The van der Waals surface area contributed by atoms with Crippen LogP contribution in [0.3, 0.4) is 0 Å². The van der Waals surface area contributed by atoms with Crippen molar-refractivity contribution in [3.05, 3.63) is 57.5 Å². The summed E-state index contributed by atoms with van der Waals surface area (Å²) in [5, 5.41) is 2.50. The maximum atomic E-state index is 12.8. The van der Waals surface area contributed by atoms with Crippen molar-refractivity contribution < 1.29 is 23.9 Å². The van der Waals surface area contributed by atoms with E-state index in [9.17, 15) is 14.4 Å². The zero-order valence-corrected chi connectivity index (χ0v) is 19.7. The molecule has 1 heterocycles. The molecule has 0 spiro atoms. The fourth-order valence-corrected chi connectivity index (χ4v) is 4.13. The Kier molecular flexibility index (Phi) is 7.48. The van der Waals surface area contributed by atoms with Gasteiger partial charge in [0.2, 0.25) is 5.91 Å². The number of amides is 3. The molecule has 1 aliphatic heterocycles. The van der Waals surface area contributed by atoms with E-state index in [-0.39, 0.29) is 17.6 Å². The first kappa shape index (κ1) is 23.7. The summed E-state index contributed by atoms with van der Waals surface area (Å²) < 4.78 is 11.0. The van der Waals surface area contributed by atoms with Crippen LogP contribution in [-0.2, 0) is 9.59 Å². The molecule has 0 aliphatic carbocycles. The number of imide groups is 1. The number of ether oxygens (including phenoxy) is 2. The van der Waals surface area contributed by atoms with Crippen molar-refractivity contribution in [3.63, 3.8) is 0 Å². The van der Waals surface area contributed by atoms with E-state index in [4.69, 9.17) is 21.1 Å². The number of aryl methyl sites for hydroxylation is 1. The van der Waals surface area contributed by atoms with Crippen molar-refractivity contribution in [3.8, 4) is 11.5 Å². The molecule has 0 radical (unpaired) electrons. The van der Waals surface area contributed by atoms with Crippen LogP contribution >= 0.6 is 23.4 Å². The van der Waals surface area contributed by atoms with Crippen molar-refractivity contribution in [1.29, 1.82) is 0 Å². The molecule has 1 N–H and O–H groups in total. The first-order valence-electron chi connectivity index (χ1n) is 9.84. The molecule has 0 saturated carbocycles. The van der Waals surface area contributed by atoms with Gasteiger partial charge in [-0.1, -0.05) is 23.7 Å². The van der Waals surface area contributed by atoms with E-state index in [0.717, 1.165) is 22.2 Å². The van der Waals surface area contributed by atoms with Crippen molar-refractivity contribution in [1.82, 2.24) is 4.90 Å². The number of nitrogens with zero attached hydrogens (tertiary/aromatic N) is 1. The van der Waals surface area contributed by atoms with Crippen LogP contribution in [-0.4, -0.2) is 41.7 Å². The van der Waals surface area contributed by atoms with E-state index in [1.807, 2.05) is 32.9 Å². The summed E-state index contributed by atoms with van der Waals surface area (Å²) in [6.45, 7) is 5.27. The lowest BCUT2D eigenvalue weighted by Crippen LogP contribution is -2.36. The molecule has 0 bridgehead atoms. The third-order valence-electron chi connectivity index (χ3n) is 4.38. The number of anilines is 1. The molecule has 0 unspecified atom stereocenters. The van der Waals surface area contributed by atoms with E-state index in [2.05, 4.69) is 5.32 Å². The van der Waals surface area contributed by atoms with E-state index in [1.54, 1.807) is 24.3 Å². The lowest BCUT2D eigenvalue weighted by molar-refractivity contribution is -0.127. The molecular weight excluding hydrogens is 452 g/mol. The van der Waals surface area contributed by atoms with Gasteiger partial charge in [0, 0.05) is 5.69 Å². The molecule has 7 nitrogen and oxygen atoms in total. The van der Waals surface area contributed by atoms with Gasteiger partial charge in [0.15, 0.2) is 11.5 Å². The van der Waals surface area contributed by atoms with Crippen molar-refractivity contribution >= 4 is 52.2 Å². The second kappa shape index (κ2) is 10.1.